The van der Waals surface area contributed by atoms with Crippen molar-refractivity contribution >= 4 is 11.8 Å². The van der Waals surface area contributed by atoms with Gasteiger partial charge in [-0.25, -0.2) is 0 Å². The number of nitrogens with zero attached hydrogens (tertiary/aromatic N) is 1. The van der Waals surface area contributed by atoms with Crippen molar-refractivity contribution in [1.29, 1.82) is 0 Å². The summed E-state index contributed by atoms with van der Waals surface area (Å²) in [5, 5.41) is 2.69. The fourth-order valence-corrected chi connectivity index (χ4v) is 1.49. The average Bonchev–Trinajstić information content (AvgIpc) is 2.26. The predicted octanol–water partition coefficient (Wildman–Crippen LogP) is -0.419. The van der Waals surface area contributed by atoms with Gasteiger partial charge in [0.2, 0.25) is 11.8 Å². The zero-order chi connectivity index (χ0) is 14.1. The second kappa shape index (κ2) is 8.88. The Labute approximate surface area is 109 Å². The Hall–Kier alpha value is -1.14. The molecule has 0 heterocycles. The summed E-state index contributed by atoms with van der Waals surface area (Å²) in [6.07, 6.45) is 0.611. The Morgan fingerprint density at radius 1 is 1.33 bits per heavy atom. The van der Waals surface area contributed by atoms with Gasteiger partial charge in [-0.3, -0.25) is 9.59 Å². The first kappa shape index (κ1) is 16.9. The van der Waals surface area contributed by atoms with Gasteiger partial charge in [0.15, 0.2) is 0 Å². The zero-order valence-electron chi connectivity index (χ0n) is 11.7. The van der Waals surface area contributed by atoms with Gasteiger partial charge in [0.25, 0.3) is 0 Å². The van der Waals surface area contributed by atoms with Crippen LogP contribution in [0.3, 0.4) is 0 Å². The van der Waals surface area contributed by atoms with Crippen LogP contribution in [0.25, 0.3) is 0 Å². The molecule has 0 aliphatic heterocycles. The monoisotopic (exact) mass is 259 g/mol. The summed E-state index contributed by atoms with van der Waals surface area (Å²) in [6, 6.07) is -0.492. The standard InChI is InChI=1S/C12H25N3O3/c1-9(2)7-10(12(17)15(3)4)14-11(16)8-18-6-5-13/h9-10H,5-8,13H2,1-4H3,(H,14,16). The minimum absolute atomic E-state index is 0.0630. The maximum Gasteiger partial charge on any atom is 0.246 e. The number of hydrogen-bond donors (Lipinski definition) is 2. The second-order valence-electron chi connectivity index (χ2n) is 4.82. The molecule has 0 saturated carbocycles. The van der Waals surface area contributed by atoms with Crippen molar-refractivity contribution in [3.63, 3.8) is 0 Å². The number of amides is 2. The van der Waals surface area contributed by atoms with Crippen LogP contribution < -0.4 is 11.1 Å². The molecule has 0 radical (unpaired) electrons. The molecule has 106 valence electrons. The third-order valence-corrected chi connectivity index (χ3v) is 2.28. The van der Waals surface area contributed by atoms with Gasteiger partial charge >= 0.3 is 0 Å². The van der Waals surface area contributed by atoms with E-state index in [1.807, 2.05) is 13.8 Å². The van der Waals surface area contributed by atoms with Crippen LogP contribution in [0, 0.1) is 5.92 Å². The highest BCUT2D eigenvalue weighted by Crippen LogP contribution is 2.06. The SMILES string of the molecule is CC(C)CC(NC(=O)COCCN)C(=O)N(C)C. The van der Waals surface area contributed by atoms with Crippen LogP contribution in [0.1, 0.15) is 20.3 Å². The van der Waals surface area contributed by atoms with Crippen molar-refractivity contribution in [2.24, 2.45) is 11.7 Å². The van der Waals surface area contributed by atoms with Crippen LogP contribution in [-0.2, 0) is 14.3 Å². The first-order chi connectivity index (χ1) is 8.38. The lowest BCUT2D eigenvalue weighted by Gasteiger charge is -2.23. The average molecular weight is 259 g/mol. The van der Waals surface area contributed by atoms with E-state index in [0.717, 1.165) is 0 Å². The Morgan fingerprint density at radius 3 is 2.39 bits per heavy atom. The lowest BCUT2D eigenvalue weighted by molar-refractivity contribution is -0.136. The summed E-state index contributed by atoms with van der Waals surface area (Å²) in [5.41, 5.74) is 5.25. The van der Waals surface area contributed by atoms with E-state index >= 15 is 0 Å². The Kier molecular flexibility index (Phi) is 8.32. The molecule has 18 heavy (non-hydrogen) atoms. The molecule has 0 saturated heterocycles. The largest absolute Gasteiger partial charge is 0.370 e. The van der Waals surface area contributed by atoms with Crippen molar-refractivity contribution < 1.29 is 14.3 Å². The van der Waals surface area contributed by atoms with Crippen LogP contribution in [0.15, 0.2) is 0 Å². The lowest BCUT2D eigenvalue weighted by Crippen LogP contribution is -2.48. The molecular weight excluding hydrogens is 234 g/mol. The molecule has 0 spiro atoms. The fourth-order valence-electron chi connectivity index (χ4n) is 1.49. The molecule has 1 atom stereocenters. The lowest BCUT2D eigenvalue weighted by atomic mass is 10.0. The van der Waals surface area contributed by atoms with Gasteiger partial charge in [0.05, 0.1) is 6.61 Å². The van der Waals surface area contributed by atoms with E-state index < -0.39 is 6.04 Å². The maximum atomic E-state index is 11.9. The van der Waals surface area contributed by atoms with E-state index in [0.29, 0.717) is 25.5 Å². The molecular formula is C12H25N3O3. The van der Waals surface area contributed by atoms with Crippen molar-refractivity contribution in [3.05, 3.63) is 0 Å². The molecule has 3 N–H and O–H groups in total. The van der Waals surface area contributed by atoms with Crippen LogP contribution in [0.4, 0.5) is 0 Å². The van der Waals surface area contributed by atoms with E-state index in [-0.39, 0.29) is 18.4 Å². The van der Waals surface area contributed by atoms with Gasteiger partial charge in [0.1, 0.15) is 12.6 Å². The maximum absolute atomic E-state index is 11.9. The molecule has 6 nitrogen and oxygen atoms in total. The molecule has 0 rings (SSSR count). The third-order valence-electron chi connectivity index (χ3n) is 2.28. The minimum atomic E-state index is -0.492. The number of carbonyl (C=O) groups excluding carboxylic acids is 2. The number of nitrogens with one attached hydrogen (secondary N) is 1. The number of carbonyl (C=O) groups is 2. The van der Waals surface area contributed by atoms with Gasteiger partial charge in [-0.2, -0.15) is 0 Å². The van der Waals surface area contributed by atoms with Gasteiger partial charge in [-0.05, 0) is 12.3 Å². The summed E-state index contributed by atoms with van der Waals surface area (Å²) in [7, 11) is 3.35. The Balaban J connectivity index is 4.31. The highest BCUT2D eigenvalue weighted by atomic mass is 16.5. The van der Waals surface area contributed by atoms with Crippen LogP contribution >= 0.6 is 0 Å². The topological polar surface area (TPSA) is 84.7 Å². The molecule has 0 fully saturated rings. The molecule has 0 aromatic heterocycles. The van der Waals surface area contributed by atoms with E-state index in [1.54, 1.807) is 14.1 Å². The number of likely N-dealkylation sites (N-methyl/N-ethyl adjacent to an activating group) is 1. The second-order valence-corrected chi connectivity index (χ2v) is 4.82. The first-order valence-corrected chi connectivity index (χ1v) is 6.16. The molecule has 6 heteroatoms. The van der Waals surface area contributed by atoms with Crippen molar-refractivity contribution in [2.45, 2.75) is 26.3 Å². The number of rotatable bonds is 8. The number of ether oxygens (including phenoxy) is 1. The third kappa shape index (κ3) is 7.24. The first-order valence-electron chi connectivity index (χ1n) is 6.16. The summed E-state index contributed by atoms with van der Waals surface area (Å²) in [4.78, 5) is 25.0. The van der Waals surface area contributed by atoms with Crippen molar-refractivity contribution in [1.82, 2.24) is 10.2 Å². The molecule has 1 unspecified atom stereocenters. The summed E-state index contributed by atoms with van der Waals surface area (Å²) in [6.45, 7) is 4.66. The predicted molar refractivity (Wildman–Crippen MR) is 70.0 cm³/mol. The normalized spacial score (nSPS) is 12.3. The van der Waals surface area contributed by atoms with E-state index in [4.69, 9.17) is 10.5 Å². The van der Waals surface area contributed by atoms with Crippen molar-refractivity contribution in [2.75, 3.05) is 33.9 Å². The Morgan fingerprint density at radius 2 is 1.94 bits per heavy atom. The van der Waals surface area contributed by atoms with Gasteiger partial charge in [-0.15, -0.1) is 0 Å². The molecule has 0 aliphatic rings. The van der Waals surface area contributed by atoms with E-state index in [1.165, 1.54) is 4.90 Å². The van der Waals surface area contributed by atoms with Gasteiger partial charge in [0, 0.05) is 20.6 Å². The van der Waals surface area contributed by atoms with Gasteiger partial charge < -0.3 is 20.7 Å². The highest BCUT2D eigenvalue weighted by Gasteiger charge is 2.23. The van der Waals surface area contributed by atoms with Gasteiger partial charge in [-0.1, -0.05) is 13.8 Å². The molecule has 2 amide bonds. The number of hydrogen-bond acceptors (Lipinski definition) is 4. The van der Waals surface area contributed by atoms with Crippen LogP contribution in [0.5, 0.6) is 0 Å². The smallest absolute Gasteiger partial charge is 0.246 e. The van der Waals surface area contributed by atoms with E-state index in [9.17, 15) is 9.59 Å². The Bertz CT molecular complexity index is 267. The molecule has 0 aromatic rings. The summed E-state index contributed by atoms with van der Waals surface area (Å²) >= 11 is 0. The van der Waals surface area contributed by atoms with Crippen LogP contribution in [-0.4, -0.2) is 56.6 Å². The van der Waals surface area contributed by atoms with E-state index in [2.05, 4.69) is 5.32 Å². The molecule has 0 aliphatic carbocycles. The summed E-state index contributed by atoms with van der Waals surface area (Å²) in [5.74, 6) is -0.0654. The molecule has 0 aromatic carbocycles. The highest BCUT2D eigenvalue weighted by molar-refractivity contribution is 5.87. The van der Waals surface area contributed by atoms with Crippen molar-refractivity contribution in [3.8, 4) is 0 Å². The fraction of sp³-hybridized carbons (Fsp3) is 0.833. The quantitative estimate of drug-likeness (QED) is 0.580. The minimum Gasteiger partial charge on any atom is -0.370 e. The number of nitrogens with two attached hydrogens (primary N) is 1. The molecule has 0 bridgehead atoms. The van der Waals surface area contributed by atoms with Crippen LogP contribution in [0.2, 0.25) is 0 Å². The summed E-state index contributed by atoms with van der Waals surface area (Å²) < 4.78 is 5.03. The zero-order valence-corrected chi connectivity index (χ0v) is 11.7.